The van der Waals surface area contributed by atoms with E-state index in [9.17, 15) is 10.1 Å². The molecule has 0 atom stereocenters. The van der Waals surface area contributed by atoms with Crippen LogP contribution in [0.4, 0.5) is 0 Å². The summed E-state index contributed by atoms with van der Waals surface area (Å²) >= 11 is 0. The van der Waals surface area contributed by atoms with Crippen molar-refractivity contribution in [2.45, 2.75) is 26.5 Å². The predicted octanol–water partition coefficient (Wildman–Crippen LogP) is 4.42. The lowest BCUT2D eigenvalue weighted by Gasteiger charge is -2.22. The number of methoxy groups -OCH3 is 1. The van der Waals surface area contributed by atoms with E-state index in [1.54, 1.807) is 42.1 Å². The summed E-state index contributed by atoms with van der Waals surface area (Å²) in [7, 11) is 1.63. The fourth-order valence-corrected chi connectivity index (χ4v) is 4.03. The number of benzene rings is 2. The molecule has 3 heterocycles. The summed E-state index contributed by atoms with van der Waals surface area (Å²) in [5, 5.41) is 9.60. The van der Waals surface area contributed by atoms with Crippen LogP contribution in [0.15, 0.2) is 65.6 Å². The zero-order chi connectivity index (χ0) is 24.4. The monoisotopic (exact) mass is 466 g/mol. The molecule has 2 aromatic heterocycles. The van der Waals surface area contributed by atoms with Crippen molar-refractivity contribution in [2.75, 3.05) is 7.11 Å². The van der Waals surface area contributed by atoms with Crippen LogP contribution in [0.5, 0.6) is 23.1 Å². The number of ether oxygens (including phenoxy) is 3. The van der Waals surface area contributed by atoms with E-state index in [0.717, 1.165) is 40.2 Å². The first kappa shape index (κ1) is 22.2. The molecule has 1 aliphatic heterocycles. The molecule has 2 aromatic carbocycles. The van der Waals surface area contributed by atoms with Crippen molar-refractivity contribution in [3.05, 3.63) is 93.7 Å². The topological polar surface area (TPSA) is 99.3 Å². The van der Waals surface area contributed by atoms with Gasteiger partial charge in [-0.3, -0.25) is 9.55 Å². The van der Waals surface area contributed by atoms with Crippen LogP contribution in [0, 0.1) is 18.3 Å². The van der Waals surface area contributed by atoms with Crippen molar-refractivity contribution in [1.82, 2.24) is 14.5 Å². The van der Waals surface area contributed by atoms with Crippen LogP contribution in [0.2, 0.25) is 0 Å². The van der Waals surface area contributed by atoms with Crippen LogP contribution in [0.1, 0.15) is 22.4 Å². The summed E-state index contributed by atoms with van der Waals surface area (Å²) in [6.07, 6.45) is 2.34. The van der Waals surface area contributed by atoms with Crippen molar-refractivity contribution in [3.8, 4) is 40.5 Å². The first-order valence-electron chi connectivity index (χ1n) is 11.1. The molecule has 8 nitrogen and oxygen atoms in total. The third kappa shape index (κ3) is 4.57. The molecule has 0 saturated heterocycles. The average Bonchev–Trinajstić information content (AvgIpc) is 2.88. The molecule has 8 heteroatoms. The van der Waals surface area contributed by atoms with Crippen molar-refractivity contribution < 1.29 is 14.2 Å². The van der Waals surface area contributed by atoms with E-state index in [1.807, 2.05) is 37.3 Å². The van der Waals surface area contributed by atoms with Gasteiger partial charge in [0.25, 0.3) is 0 Å². The van der Waals surface area contributed by atoms with Gasteiger partial charge in [0.2, 0.25) is 5.88 Å². The normalized spacial score (nSPS) is 11.7. The van der Waals surface area contributed by atoms with E-state index < -0.39 is 0 Å². The van der Waals surface area contributed by atoms with E-state index in [4.69, 9.17) is 14.2 Å². The van der Waals surface area contributed by atoms with Gasteiger partial charge in [0.15, 0.2) is 0 Å². The second kappa shape index (κ2) is 9.31. The lowest BCUT2D eigenvalue weighted by atomic mass is 9.97. The molecular formula is C27H22N4O4. The quantitative estimate of drug-likeness (QED) is 0.415. The lowest BCUT2D eigenvalue weighted by Crippen LogP contribution is -2.28. The van der Waals surface area contributed by atoms with Crippen LogP contribution in [-0.2, 0) is 19.6 Å². The number of hydrogen-bond donors (Lipinski definition) is 0. The third-order valence-electron chi connectivity index (χ3n) is 5.84. The molecule has 0 aliphatic carbocycles. The second-order valence-electron chi connectivity index (χ2n) is 8.16. The molecule has 0 N–H and O–H groups in total. The van der Waals surface area contributed by atoms with Gasteiger partial charge in [-0.1, -0.05) is 6.07 Å². The van der Waals surface area contributed by atoms with E-state index in [1.165, 1.54) is 0 Å². The standard InChI is InChI=1S/C27H22N4O4/c1-17-3-5-22(15-29-17)35-25-8-4-18(11-20(25)14-28)16-34-26-13-24-23-7-6-21(33-2)12-19(23)9-10-31(24)27(32)30-26/h3-8,11-13,15H,9-10,16H2,1-2H3. The van der Waals surface area contributed by atoms with Gasteiger partial charge in [-0.25, -0.2) is 4.79 Å². The first-order valence-corrected chi connectivity index (χ1v) is 11.1. The van der Waals surface area contributed by atoms with Gasteiger partial charge < -0.3 is 14.2 Å². The Labute approximate surface area is 202 Å². The van der Waals surface area contributed by atoms with E-state index in [2.05, 4.69) is 16.0 Å². The van der Waals surface area contributed by atoms with Gasteiger partial charge in [-0.05, 0) is 66.9 Å². The SMILES string of the molecule is COc1ccc2c(c1)CCn1c-2cc(OCc2ccc(Oc3ccc(C)nc3)c(C#N)c2)nc1=O. The molecule has 4 aromatic rings. The molecule has 0 amide bonds. The van der Waals surface area contributed by atoms with E-state index in [-0.39, 0.29) is 18.2 Å². The third-order valence-corrected chi connectivity index (χ3v) is 5.84. The zero-order valence-electron chi connectivity index (χ0n) is 19.3. The molecule has 0 unspecified atom stereocenters. The van der Waals surface area contributed by atoms with Crippen LogP contribution >= 0.6 is 0 Å². The molecule has 0 fully saturated rings. The number of aromatic nitrogens is 3. The van der Waals surface area contributed by atoms with Gasteiger partial charge in [-0.15, -0.1) is 0 Å². The Bertz CT molecular complexity index is 1500. The number of hydrogen-bond acceptors (Lipinski definition) is 7. The maximum atomic E-state index is 12.7. The summed E-state index contributed by atoms with van der Waals surface area (Å²) in [5.74, 6) is 1.99. The maximum Gasteiger partial charge on any atom is 0.351 e. The summed E-state index contributed by atoms with van der Waals surface area (Å²) < 4.78 is 18.7. The molecule has 0 bridgehead atoms. The number of pyridine rings is 1. The minimum absolute atomic E-state index is 0.145. The summed E-state index contributed by atoms with van der Waals surface area (Å²) in [4.78, 5) is 20.9. The fraction of sp³-hybridized carbons (Fsp3) is 0.185. The highest BCUT2D eigenvalue weighted by Gasteiger charge is 2.20. The molecular weight excluding hydrogens is 444 g/mol. The molecule has 5 rings (SSSR count). The Morgan fingerprint density at radius 2 is 1.94 bits per heavy atom. The van der Waals surface area contributed by atoms with Crippen LogP contribution < -0.4 is 19.9 Å². The van der Waals surface area contributed by atoms with Crippen molar-refractivity contribution >= 4 is 0 Å². The Morgan fingerprint density at radius 1 is 1.09 bits per heavy atom. The largest absolute Gasteiger partial charge is 0.497 e. The number of fused-ring (bicyclic) bond motifs is 3. The molecule has 174 valence electrons. The molecule has 0 spiro atoms. The van der Waals surface area contributed by atoms with Gasteiger partial charge in [-0.2, -0.15) is 10.2 Å². The molecule has 35 heavy (non-hydrogen) atoms. The summed E-state index contributed by atoms with van der Waals surface area (Å²) in [6.45, 7) is 2.58. The highest BCUT2D eigenvalue weighted by atomic mass is 16.5. The van der Waals surface area contributed by atoms with E-state index >= 15 is 0 Å². The van der Waals surface area contributed by atoms with Gasteiger partial charge in [0.05, 0.1) is 24.6 Å². The number of aryl methyl sites for hydroxylation is 2. The summed E-state index contributed by atoms with van der Waals surface area (Å²) in [5.41, 5.74) is 4.47. The van der Waals surface area contributed by atoms with Crippen molar-refractivity contribution in [1.29, 1.82) is 5.26 Å². The van der Waals surface area contributed by atoms with Gasteiger partial charge >= 0.3 is 5.69 Å². The Balaban J connectivity index is 1.36. The zero-order valence-corrected chi connectivity index (χ0v) is 19.3. The van der Waals surface area contributed by atoms with Crippen LogP contribution in [0.3, 0.4) is 0 Å². The van der Waals surface area contributed by atoms with Crippen LogP contribution in [0.25, 0.3) is 11.3 Å². The highest BCUT2D eigenvalue weighted by Crippen LogP contribution is 2.32. The average molecular weight is 466 g/mol. The molecule has 0 radical (unpaired) electrons. The minimum atomic E-state index is -0.355. The van der Waals surface area contributed by atoms with Gasteiger partial charge in [0.1, 0.15) is 29.9 Å². The van der Waals surface area contributed by atoms with E-state index in [0.29, 0.717) is 23.6 Å². The number of nitriles is 1. The van der Waals surface area contributed by atoms with Crippen molar-refractivity contribution in [2.24, 2.45) is 0 Å². The highest BCUT2D eigenvalue weighted by molar-refractivity contribution is 5.67. The Morgan fingerprint density at radius 3 is 2.71 bits per heavy atom. The van der Waals surface area contributed by atoms with Crippen LogP contribution in [-0.4, -0.2) is 21.6 Å². The second-order valence-corrected chi connectivity index (χ2v) is 8.16. The Hall–Kier alpha value is -4.64. The Kier molecular flexibility index (Phi) is 5.90. The molecule has 1 aliphatic rings. The lowest BCUT2D eigenvalue weighted by molar-refractivity contribution is 0.291. The predicted molar refractivity (Wildman–Crippen MR) is 129 cm³/mol. The summed E-state index contributed by atoms with van der Waals surface area (Å²) in [6, 6.07) is 18.6. The number of nitrogens with zero attached hydrogens (tertiary/aromatic N) is 4. The smallest absolute Gasteiger partial charge is 0.351 e. The molecule has 0 saturated carbocycles. The minimum Gasteiger partial charge on any atom is -0.497 e. The fourth-order valence-electron chi connectivity index (χ4n) is 4.03. The van der Waals surface area contributed by atoms with Gasteiger partial charge in [0, 0.05) is 23.9 Å². The maximum absolute atomic E-state index is 12.7. The number of rotatable bonds is 6. The van der Waals surface area contributed by atoms with Crippen molar-refractivity contribution in [3.63, 3.8) is 0 Å². The first-order chi connectivity index (χ1) is 17.0.